The summed E-state index contributed by atoms with van der Waals surface area (Å²) < 4.78 is 25.0. The van der Waals surface area contributed by atoms with Crippen LogP contribution in [0.5, 0.6) is 5.75 Å². The first kappa shape index (κ1) is 22.9. The number of benzene rings is 2. The fourth-order valence-electron chi connectivity index (χ4n) is 4.00. The average molecular weight is 467 g/mol. The van der Waals surface area contributed by atoms with E-state index in [1.165, 1.54) is 24.3 Å². The third-order valence-corrected chi connectivity index (χ3v) is 6.31. The Bertz CT molecular complexity index is 1240. The molecular weight excluding hydrogens is 439 g/mol. The third-order valence-electron chi connectivity index (χ3n) is 5.97. The zero-order chi connectivity index (χ0) is 23.7. The highest BCUT2D eigenvalue weighted by Crippen LogP contribution is 2.38. The summed E-state index contributed by atoms with van der Waals surface area (Å²) in [6.07, 6.45) is 0.932. The number of hydrogen-bond donors (Lipinski definition) is 1. The topological polar surface area (TPSA) is 63.4 Å². The molecule has 1 atom stereocenters. The first-order valence-electron chi connectivity index (χ1n) is 10.9. The van der Waals surface area contributed by atoms with E-state index in [9.17, 15) is 4.39 Å². The summed E-state index contributed by atoms with van der Waals surface area (Å²) in [4.78, 5) is 6.69. The minimum Gasteiger partial charge on any atom is -0.494 e. The predicted molar refractivity (Wildman–Crippen MR) is 130 cm³/mol. The van der Waals surface area contributed by atoms with E-state index < -0.39 is 5.82 Å². The van der Waals surface area contributed by atoms with E-state index in [1.54, 1.807) is 12.1 Å². The first-order valence-corrected chi connectivity index (χ1v) is 11.3. The van der Waals surface area contributed by atoms with Gasteiger partial charge < -0.3 is 19.5 Å². The standard InChI is InChI=1S/C25H27FN4O2S/c1-6-11-30-16(4)21(22(27-25(30)33)17-8-7-14(2)15(3)12-17)24-28-23(29-32-24)18-9-10-20(31-5)19(26)13-18/h7-10,12-13,22H,6,11H2,1-5H3,(H,27,33). The van der Waals surface area contributed by atoms with Gasteiger partial charge in [0.2, 0.25) is 5.82 Å². The predicted octanol–water partition coefficient (Wildman–Crippen LogP) is 5.57. The Balaban J connectivity index is 1.81. The molecular formula is C25H27FN4O2S. The van der Waals surface area contributed by atoms with Crippen molar-refractivity contribution in [3.8, 4) is 17.1 Å². The van der Waals surface area contributed by atoms with Gasteiger partial charge in [0, 0.05) is 17.8 Å². The lowest BCUT2D eigenvalue weighted by Crippen LogP contribution is -2.46. The zero-order valence-corrected chi connectivity index (χ0v) is 20.2. The molecule has 1 aliphatic rings. The van der Waals surface area contributed by atoms with E-state index >= 15 is 0 Å². The van der Waals surface area contributed by atoms with E-state index in [2.05, 4.69) is 59.3 Å². The number of methoxy groups -OCH3 is 1. The van der Waals surface area contributed by atoms with E-state index in [0.717, 1.165) is 29.8 Å². The largest absolute Gasteiger partial charge is 0.494 e. The minimum absolute atomic E-state index is 0.163. The van der Waals surface area contributed by atoms with Gasteiger partial charge in [-0.2, -0.15) is 4.98 Å². The van der Waals surface area contributed by atoms with Gasteiger partial charge >= 0.3 is 0 Å². The van der Waals surface area contributed by atoms with Crippen molar-refractivity contribution in [2.45, 2.75) is 40.2 Å². The van der Waals surface area contributed by atoms with Gasteiger partial charge in [-0.25, -0.2) is 4.39 Å². The second-order valence-electron chi connectivity index (χ2n) is 8.15. The summed E-state index contributed by atoms with van der Waals surface area (Å²) in [6, 6.07) is 10.7. The lowest BCUT2D eigenvalue weighted by Gasteiger charge is -2.37. The summed E-state index contributed by atoms with van der Waals surface area (Å²) in [5, 5.41) is 8.26. The maximum Gasteiger partial charge on any atom is 0.258 e. The molecule has 0 saturated carbocycles. The van der Waals surface area contributed by atoms with E-state index in [4.69, 9.17) is 21.5 Å². The molecule has 8 heteroatoms. The molecule has 3 aromatic rings. The molecule has 0 aliphatic carbocycles. The first-order chi connectivity index (χ1) is 15.8. The molecule has 0 radical (unpaired) electrons. The van der Waals surface area contributed by atoms with Crippen molar-refractivity contribution in [2.24, 2.45) is 0 Å². The van der Waals surface area contributed by atoms with Crippen LogP contribution in [0.3, 0.4) is 0 Å². The average Bonchev–Trinajstić information content (AvgIpc) is 3.27. The molecule has 2 aromatic carbocycles. The molecule has 0 amide bonds. The van der Waals surface area contributed by atoms with Gasteiger partial charge in [-0.1, -0.05) is 30.3 Å². The van der Waals surface area contributed by atoms with Crippen LogP contribution in [-0.2, 0) is 0 Å². The number of aromatic nitrogens is 2. The minimum atomic E-state index is -0.483. The molecule has 1 N–H and O–H groups in total. The van der Waals surface area contributed by atoms with Crippen LogP contribution in [0, 0.1) is 19.7 Å². The summed E-state index contributed by atoms with van der Waals surface area (Å²) in [7, 11) is 1.43. The normalized spacial score (nSPS) is 16.2. The summed E-state index contributed by atoms with van der Waals surface area (Å²) >= 11 is 5.69. The lowest BCUT2D eigenvalue weighted by molar-refractivity contribution is 0.386. The number of aryl methyl sites for hydroxylation is 2. The molecule has 6 nitrogen and oxygen atoms in total. The van der Waals surface area contributed by atoms with Gasteiger partial charge in [-0.05, 0) is 74.3 Å². The van der Waals surface area contributed by atoms with Crippen LogP contribution in [0.25, 0.3) is 17.0 Å². The second-order valence-corrected chi connectivity index (χ2v) is 8.54. The molecule has 4 rings (SSSR count). The Hall–Kier alpha value is -3.26. The van der Waals surface area contributed by atoms with Gasteiger partial charge in [-0.3, -0.25) is 0 Å². The van der Waals surface area contributed by atoms with Gasteiger partial charge in [0.25, 0.3) is 5.89 Å². The van der Waals surface area contributed by atoms with Crippen LogP contribution < -0.4 is 10.1 Å². The van der Waals surface area contributed by atoms with Crippen LogP contribution in [0.1, 0.15) is 48.9 Å². The molecule has 2 heterocycles. The third kappa shape index (κ3) is 4.35. The fourth-order valence-corrected chi connectivity index (χ4v) is 4.35. The van der Waals surface area contributed by atoms with Gasteiger partial charge in [-0.15, -0.1) is 0 Å². The summed E-state index contributed by atoms with van der Waals surface area (Å²) in [5.41, 5.74) is 5.78. The number of rotatable bonds is 6. The van der Waals surface area contributed by atoms with Crippen molar-refractivity contribution in [2.75, 3.05) is 13.7 Å². The van der Waals surface area contributed by atoms with Crippen LogP contribution in [-0.4, -0.2) is 33.8 Å². The van der Waals surface area contributed by atoms with Crippen molar-refractivity contribution in [3.63, 3.8) is 0 Å². The van der Waals surface area contributed by atoms with Crippen LogP contribution in [0.4, 0.5) is 4.39 Å². The molecule has 0 saturated heterocycles. The highest BCUT2D eigenvalue weighted by atomic mass is 32.1. The fraction of sp³-hybridized carbons (Fsp3) is 0.320. The van der Waals surface area contributed by atoms with Crippen LogP contribution in [0.15, 0.2) is 46.6 Å². The molecule has 172 valence electrons. The number of nitrogens with one attached hydrogen (secondary N) is 1. The van der Waals surface area contributed by atoms with Gasteiger partial charge in [0.05, 0.1) is 18.7 Å². The van der Waals surface area contributed by atoms with E-state index in [1.807, 2.05) is 6.92 Å². The monoisotopic (exact) mass is 466 g/mol. The van der Waals surface area contributed by atoms with Crippen molar-refractivity contribution in [1.82, 2.24) is 20.4 Å². The molecule has 1 unspecified atom stereocenters. The number of thiocarbonyl (C=S) groups is 1. The summed E-state index contributed by atoms with van der Waals surface area (Å²) in [6.45, 7) is 9.06. The molecule has 0 bridgehead atoms. The van der Waals surface area contributed by atoms with Crippen molar-refractivity contribution < 1.29 is 13.7 Å². The molecule has 1 aromatic heterocycles. The molecule has 0 fully saturated rings. The smallest absolute Gasteiger partial charge is 0.258 e. The maximum absolute atomic E-state index is 14.2. The summed E-state index contributed by atoms with van der Waals surface area (Å²) in [5.74, 6) is 0.360. The Kier molecular flexibility index (Phi) is 6.47. The Morgan fingerprint density at radius 2 is 1.94 bits per heavy atom. The molecule has 33 heavy (non-hydrogen) atoms. The van der Waals surface area contributed by atoms with Crippen molar-refractivity contribution in [1.29, 1.82) is 0 Å². The Morgan fingerprint density at radius 3 is 2.61 bits per heavy atom. The maximum atomic E-state index is 14.2. The number of nitrogens with zero attached hydrogens (tertiary/aromatic N) is 3. The van der Waals surface area contributed by atoms with E-state index in [-0.39, 0.29) is 11.8 Å². The Morgan fingerprint density at radius 1 is 1.15 bits per heavy atom. The highest BCUT2D eigenvalue weighted by molar-refractivity contribution is 7.80. The van der Waals surface area contributed by atoms with Gasteiger partial charge in [0.15, 0.2) is 16.7 Å². The number of hydrogen-bond acceptors (Lipinski definition) is 5. The number of allylic oxidation sites excluding steroid dienone is 1. The van der Waals surface area contributed by atoms with Gasteiger partial charge in [0.1, 0.15) is 0 Å². The highest BCUT2D eigenvalue weighted by Gasteiger charge is 2.34. The Labute approximate surface area is 198 Å². The number of ether oxygens (including phenoxy) is 1. The number of halogens is 1. The molecule has 1 aliphatic heterocycles. The van der Waals surface area contributed by atoms with Crippen molar-refractivity contribution in [3.05, 3.63) is 70.5 Å². The zero-order valence-electron chi connectivity index (χ0n) is 19.4. The van der Waals surface area contributed by atoms with Crippen molar-refractivity contribution >= 4 is 22.9 Å². The van der Waals surface area contributed by atoms with E-state index in [0.29, 0.717) is 22.4 Å². The quantitative estimate of drug-likeness (QED) is 0.476. The van der Waals surface area contributed by atoms with Crippen LogP contribution >= 0.6 is 12.2 Å². The molecule has 0 spiro atoms. The SMILES string of the molecule is CCCN1C(=S)NC(c2ccc(C)c(C)c2)C(c2nc(-c3ccc(OC)c(F)c3)no2)=C1C. The lowest BCUT2D eigenvalue weighted by atomic mass is 9.92. The second kappa shape index (κ2) is 9.31. The van der Waals surface area contributed by atoms with Crippen LogP contribution in [0.2, 0.25) is 0 Å².